The van der Waals surface area contributed by atoms with Crippen molar-refractivity contribution >= 4 is 11.6 Å². The van der Waals surface area contributed by atoms with Gasteiger partial charge in [-0.25, -0.2) is 4.39 Å². The number of carbonyl (C=O) groups excluding carboxylic acids is 1. The van der Waals surface area contributed by atoms with Gasteiger partial charge in [-0.3, -0.25) is 14.9 Å². The Labute approximate surface area is 112 Å². The summed E-state index contributed by atoms with van der Waals surface area (Å²) in [7, 11) is 0. The number of nitrogens with zero attached hydrogens (tertiary/aromatic N) is 2. The van der Waals surface area contributed by atoms with E-state index in [2.05, 4.69) is 0 Å². The first-order valence-electron chi connectivity index (χ1n) is 5.92. The summed E-state index contributed by atoms with van der Waals surface area (Å²) in [5.41, 5.74) is -2.59. The van der Waals surface area contributed by atoms with E-state index < -0.39 is 39.3 Å². The molecule has 1 aliphatic rings. The third-order valence-corrected chi connectivity index (χ3v) is 3.38. The second-order valence-electron chi connectivity index (χ2n) is 4.78. The Morgan fingerprint density at radius 1 is 1.45 bits per heavy atom. The van der Waals surface area contributed by atoms with Crippen molar-refractivity contribution in [2.45, 2.75) is 18.9 Å². The number of hydrogen-bond acceptors (Lipinski definition) is 4. The van der Waals surface area contributed by atoms with Crippen molar-refractivity contribution in [1.82, 2.24) is 4.90 Å². The molecule has 0 atom stereocenters. The number of nitro benzene ring substituents is 1. The van der Waals surface area contributed by atoms with Gasteiger partial charge in [0.2, 0.25) is 5.82 Å². The zero-order chi connectivity index (χ0) is 15.1. The first-order valence-corrected chi connectivity index (χ1v) is 5.92. The number of benzene rings is 1. The molecule has 8 heteroatoms. The van der Waals surface area contributed by atoms with Crippen LogP contribution in [0, 0.1) is 21.7 Å². The Hall–Kier alpha value is -2.09. The predicted octanol–water partition coefficient (Wildman–Crippen LogP) is 1.47. The van der Waals surface area contributed by atoms with Crippen LogP contribution in [0.2, 0.25) is 0 Å². The zero-order valence-electron chi connectivity index (χ0n) is 10.6. The topological polar surface area (TPSA) is 83.7 Å². The van der Waals surface area contributed by atoms with Crippen LogP contribution in [0.1, 0.15) is 23.7 Å². The van der Waals surface area contributed by atoms with E-state index in [0.29, 0.717) is 18.6 Å². The molecule has 1 saturated heterocycles. The number of hydrogen-bond donors (Lipinski definition) is 1. The monoisotopic (exact) mass is 286 g/mol. The van der Waals surface area contributed by atoms with Crippen LogP contribution in [0.4, 0.5) is 14.5 Å². The molecule has 0 unspecified atom stereocenters. The number of rotatable bonds is 3. The molecular weight excluding hydrogens is 274 g/mol. The Kier molecular flexibility index (Phi) is 3.43. The molecule has 0 aliphatic carbocycles. The largest absolute Gasteiger partial charge is 0.386 e. The molecule has 108 valence electrons. The fourth-order valence-electron chi connectivity index (χ4n) is 2.04. The summed E-state index contributed by atoms with van der Waals surface area (Å²) in [6.07, 6.45) is 0.438. The summed E-state index contributed by atoms with van der Waals surface area (Å²) in [5, 5.41) is 20.2. The highest BCUT2D eigenvalue weighted by Crippen LogP contribution is 2.28. The quantitative estimate of drug-likeness (QED) is 0.673. The third-order valence-electron chi connectivity index (χ3n) is 3.38. The van der Waals surface area contributed by atoms with Gasteiger partial charge in [-0.05, 0) is 12.5 Å². The minimum absolute atomic E-state index is 0.0282. The molecule has 0 saturated carbocycles. The van der Waals surface area contributed by atoms with Crippen LogP contribution < -0.4 is 0 Å². The molecule has 0 aromatic heterocycles. The van der Waals surface area contributed by atoms with E-state index in [9.17, 15) is 28.8 Å². The smallest absolute Gasteiger partial charge is 0.307 e. The highest BCUT2D eigenvalue weighted by molar-refractivity contribution is 5.95. The summed E-state index contributed by atoms with van der Waals surface area (Å²) in [6, 6.07) is 0.896. The fourth-order valence-corrected chi connectivity index (χ4v) is 2.04. The van der Waals surface area contributed by atoms with Crippen molar-refractivity contribution in [3.8, 4) is 0 Å². The third kappa shape index (κ3) is 2.34. The zero-order valence-corrected chi connectivity index (χ0v) is 10.6. The summed E-state index contributed by atoms with van der Waals surface area (Å²) in [6.45, 7) is 1.80. The summed E-state index contributed by atoms with van der Waals surface area (Å²) >= 11 is 0. The molecule has 1 aromatic carbocycles. The number of halogens is 2. The van der Waals surface area contributed by atoms with Crippen molar-refractivity contribution < 1.29 is 23.6 Å². The number of nitro groups is 1. The molecule has 0 spiro atoms. The second-order valence-corrected chi connectivity index (χ2v) is 4.78. The molecule has 6 nitrogen and oxygen atoms in total. The van der Waals surface area contributed by atoms with Gasteiger partial charge in [0.05, 0.1) is 35.2 Å². The van der Waals surface area contributed by atoms with Gasteiger partial charge in [-0.2, -0.15) is 4.39 Å². The molecule has 1 heterocycles. The van der Waals surface area contributed by atoms with E-state index in [0.717, 1.165) is 4.90 Å². The molecule has 20 heavy (non-hydrogen) atoms. The molecule has 0 bridgehead atoms. The van der Waals surface area contributed by atoms with E-state index in [4.69, 9.17) is 0 Å². The van der Waals surface area contributed by atoms with Crippen LogP contribution in [-0.2, 0) is 0 Å². The van der Waals surface area contributed by atoms with E-state index >= 15 is 0 Å². The Bertz CT molecular complexity index is 585. The maximum absolute atomic E-state index is 13.7. The standard InChI is InChI=1S/C12H12F2N2O4/c1-2-12(18)5-15(6-12)11(17)7-3-9(14)10(16(19)20)4-8(7)13/h3-4,18H,2,5-6H2,1H3. The van der Waals surface area contributed by atoms with Crippen molar-refractivity contribution in [3.63, 3.8) is 0 Å². The maximum Gasteiger partial charge on any atom is 0.307 e. The van der Waals surface area contributed by atoms with E-state index in [-0.39, 0.29) is 13.1 Å². The molecule has 1 N–H and O–H groups in total. The highest BCUT2D eigenvalue weighted by Gasteiger charge is 2.43. The van der Waals surface area contributed by atoms with Gasteiger partial charge in [0.25, 0.3) is 5.91 Å². The van der Waals surface area contributed by atoms with Crippen LogP contribution in [0.3, 0.4) is 0 Å². The van der Waals surface area contributed by atoms with Crippen LogP contribution in [0.25, 0.3) is 0 Å². The van der Waals surface area contributed by atoms with Gasteiger partial charge in [0, 0.05) is 0 Å². The molecule has 1 aromatic rings. The van der Waals surface area contributed by atoms with Crippen molar-refractivity contribution in [1.29, 1.82) is 0 Å². The number of aliphatic hydroxyl groups is 1. The van der Waals surface area contributed by atoms with E-state index in [1.165, 1.54) is 0 Å². The molecule has 1 amide bonds. The van der Waals surface area contributed by atoms with E-state index in [1.54, 1.807) is 6.92 Å². The first-order chi connectivity index (χ1) is 9.27. The number of β-amino-alcohol motifs (C(OH)–C–C–N with tert-alkyl or cyclic N) is 1. The fraction of sp³-hybridized carbons (Fsp3) is 0.417. The Morgan fingerprint density at radius 2 is 2.05 bits per heavy atom. The number of likely N-dealkylation sites (tertiary alicyclic amines) is 1. The lowest BCUT2D eigenvalue weighted by Gasteiger charge is -2.46. The lowest BCUT2D eigenvalue weighted by molar-refractivity contribution is -0.387. The van der Waals surface area contributed by atoms with Crippen molar-refractivity contribution in [3.05, 3.63) is 39.4 Å². The first kappa shape index (κ1) is 14.3. The van der Waals surface area contributed by atoms with Crippen LogP contribution >= 0.6 is 0 Å². The van der Waals surface area contributed by atoms with Crippen molar-refractivity contribution in [2.75, 3.05) is 13.1 Å². The maximum atomic E-state index is 13.7. The molecule has 0 radical (unpaired) electrons. The van der Waals surface area contributed by atoms with Gasteiger partial charge < -0.3 is 10.0 Å². The number of carbonyl (C=O) groups is 1. The summed E-state index contributed by atoms with van der Waals surface area (Å²) < 4.78 is 27.1. The van der Waals surface area contributed by atoms with Gasteiger partial charge >= 0.3 is 5.69 Å². The predicted molar refractivity (Wildman–Crippen MR) is 64.2 cm³/mol. The normalized spacial score (nSPS) is 16.7. The SMILES string of the molecule is CCC1(O)CN(C(=O)c2cc(F)c([N+](=O)[O-])cc2F)C1. The Morgan fingerprint density at radius 3 is 2.55 bits per heavy atom. The summed E-state index contributed by atoms with van der Waals surface area (Å²) in [5.74, 6) is -3.23. The molecule has 2 rings (SSSR count). The minimum Gasteiger partial charge on any atom is -0.386 e. The molecule has 1 fully saturated rings. The average Bonchev–Trinajstić information content (AvgIpc) is 2.36. The van der Waals surface area contributed by atoms with Gasteiger partial charge in [0.15, 0.2) is 0 Å². The minimum atomic E-state index is -1.27. The van der Waals surface area contributed by atoms with Gasteiger partial charge in [0.1, 0.15) is 5.82 Å². The van der Waals surface area contributed by atoms with Crippen LogP contribution in [0.15, 0.2) is 12.1 Å². The molecule has 1 aliphatic heterocycles. The lowest BCUT2D eigenvalue weighted by atomic mass is 9.90. The van der Waals surface area contributed by atoms with Crippen LogP contribution in [0.5, 0.6) is 0 Å². The highest BCUT2D eigenvalue weighted by atomic mass is 19.1. The van der Waals surface area contributed by atoms with Gasteiger partial charge in [-0.15, -0.1) is 0 Å². The van der Waals surface area contributed by atoms with Crippen LogP contribution in [-0.4, -0.2) is 39.5 Å². The van der Waals surface area contributed by atoms with Crippen molar-refractivity contribution in [2.24, 2.45) is 0 Å². The molecular formula is C12H12F2N2O4. The number of amides is 1. The second kappa shape index (κ2) is 4.78. The Balaban J connectivity index is 2.24. The average molecular weight is 286 g/mol. The van der Waals surface area contributed by atoms with Gasteiger partial charge in [-0.1, -0.05) is 6.92 Å². The summed E-state index contributed by atoms with van der Waals surface area (Å²) in [4.78, 5) is 22.5. The van der Waals surface area contributed by atoms with E-state index in [1.807, 2.05) is 0 Å². The lowest BCUT2D eigenvalue weighted by Crippen LogP contribution is -2.63.